The van der Waals surface area contributed by atoms with E-state index < -0.39 is 0 Å². The first-order valence-corrected chi connectivity index (χ1v) is 5.98. The van der Waals surface area contributed by atoms with E-state index in [0.717, 1.165) is 25.2 Å². The summed E-state index contributed by atoms with van der Waals surface area (Å²) in [6, 6.07) is 0. The fraction of sp³-hybridized carbons (Fsp3) is 0.917. The monoisotopic (exact) mass is 211 g/mol. The quantitative estimate of drug-likeness (QED) is 0.558. The fourth-order valence-corrected chi connectivity index (χ4v) is 2.30. The predicted octanol–water partition coefficient (Wildman–Crippen LogP) is 2.18. The molecule has 15 heavy (non-hydrogen) atoms. The summed E-state index contributed by atoms with van der Waals surface area (Å²) in [5.41, 5.74) is 0.342. The Morgan fingerprint density at radius 2 is 1.87 bits per heavy atom. The van der Waals surface area contributed by atoms with Crippen LogP contribution in [0.25, 0.3) is 0 Å². The summed E-state index contributed by atoms with van der Waals surface area (Å²) in [6.45, 7) is 3.15. The van der Waals surface area contributed by atoms with Gasteiger partial charge in [-0.1, -0.05) is 6.92 Å². The van der Waals surface area contributed by atoms with Crippen molar-refractivity contribution in [3.05, 3.63) is 0 Å². The van der Waals surface area contributed by atoms with Crippen LogP contribution < -0.4 is 0 Å². The lowest BCUT2D eigenvalue weighted by molar-refractivity contribution is 0.0425. The van der Waals surface area contributed by atoms with Gasteiger partial charge in [-0.2, -0.15) is 0 Å². The lowest BCUT2D eigenvalue weighted by atomic mass is 9.75. The molecule has 0 aromatic heterocycles. The average Bonchev–Trinajstić information content (AvgIpc) is 2.10. The maximum Gasteiger partial charge on any atom is 0.0955 e. The Kier molecular flexibility index (Phi) is 4.14. The van der Waals surface area contributed by atoms with Crippen molar-refractivity contribution in [1.29, 1.82) is 5.41 Å². The normalized spacial score (nSPS) is 18.7. The van der Waals surface area contributed by atoms with E-state index >= 15 is 0 Å². The van der Waals surface area contributed by atoms with Gasteiger partial charge in [-0.25, -0.2) is 0 Å². The first-order valence-electron chi connectivity index (χ1n) is 5.98. The van der Waals surface area contributed by atoms with Gasteiger partial charge in [0.2, 0.25) is 0 Å². The topological polar surface area (TPSA) is 30.3 Å². The largest absolute Gasteiger partial charge is 0.362 e. The molecule has 1 aliphatic rings. The van der Waals surface area contributed by atoms with Crippen molar-refractivity contribution in [3.63, 3.8) is 0 Å². The van der Waals surface area contributed by atoms with Crippen LogP contribution in [0.4, 0.5) is 0 Å². The van der Waals surface area contributed by atoms with Crippen LogP contribution in [0, 0.1) is 5.41 Å². The van der Waals surface area contributed by atoms with E-state index in [1.54, 1.807) is 0 Å². The van der Waals surface area contributed by atoms with Gasteiger partial charge in [0.15, 0.2) is 0 Å². The molecule has 1 fully saturated rings. The van der Waals surface area contributed by atoms with Crippen LogP contribution in [0.3, 0.4) is 0 Å². The third kappa shape index (κ3) is 2.71. The van der Waals surface area contributed by atoms with Gasteiger partial charge >= 0.3 is 0 Å². The molecular weight excluding hydrogens is 186 g/mol. The summed E-state index contributed by atoms with van der Waals surface area (Å²) in [5, 5.41) is 7.92. The summed E-state index contributed by atoms with van der Waals surface area (Å²) in [4.78, 5) is 4.47. The highest BCUT2D eigenvalue weighted by molar-refractivity contribution is 5.78. The lowest BCUT2D eigenvalue weighted by Crippen LogP contribution is -2.57. The van der Waals surface area contributed by atoms with Gasteiger partial charge in [0.25, 0.3) is 0 Å². The molecule has 3 nitrogen and oxygen atoms in total. The van der Waals surface area contributed by atoms with Crippen molar-refractivity contribution >= 4 is 5.84 Å². The van der Waals surface area contributed by atoms with E-state index in [0.29, 0.717) is 5.54 Å². The third-order valence-corrected chi connectivity index (χ3v) is 3.71. The zero-order valence-corrected chi connectivity index (χ0v) is 10.6. The molecule has 0 spiro atoms. The maximum atomic E-state index is 7.92. The van der Waals surface area contributed by atoms with E-state index in [4.69, 9.17) is 5.41 Å². The Morgan fingerprint density at radius 3 is 2.20 bits per heavy atom. The standard InChI is InChI=1S/C12H25N3/c1-5-7-11(13)15(4)10-12(14(2)3)8-6-9-12/h13H,5-10H2,1-4H3. The van der Waals surface area contributed by atoms with E-state index in [1.807, 2.05) is 0 Å². The zero-order valence-electron chi connectivity index (χ0n) is 10.6. The molecule has 0 heterocycles. The van der Waals surface area contributed by atoms with Crippen molar-refractivity contribution in [2.75, 3.05) is 27.7 Å². The summed E-state index contributed by atoms with van der Waals surface area (Å²) >= 11 is 0. The Hall–Kier alpha value is -0.570. The Labute approximate surface area is 94.0 Å². The van der Waals surface area contributed by atoms with Gasteiger partial charge in [0, 0.05) is 25.6 Å². The van der Waals surface area contributed by atoms with Gasteiger partial charge in [-0.15, -0.1) is 0 Å². The molecule has 0 amide bonds. The van der Waals surface area contributed by atoms with Crippen LogP contribution in [0.2, 0.25) is 0 Å². The number of hydrogen-bond donors (Lipinski definition) is 1. The van der Waals surface area contributed by atoms with E-state index in [-0.39, 0.29) is 0 Å². The molecule has 1 N–H and O–H groups in total. The molecular formula is C12H25N3. The molecule has 1 rings (SSSR count). The number of hydrogen-bond acceptors (Lipinski definition) is 2. The van der Waals surface area contributed by atoms with E-state index in [2.05, 4.69) is 37.9 Å². The highest BCUT2D eigenvalue weighted by atomic mass is 15.2. The molecule has 1 saturated carbocycles. The van der Waals surface area contributed by atoms with Crippen molar-refractivity contribution in [2.45, 2.75) is 44.6 Å². The van der Waals surface area contributed by atoms with Crippen LogP contribution in [0.1, 0.15) is 39.0 Å². The Balaban J connectivity index is 2.48. The molecule has 0 aromatic rings. The Bertz CT molecular complexity index is 219. The number of nitrogens with one attached hydrogen (secondary N) is 1. The molecule has 0 unspecified atom stereocenters. The van der Waals surface area contributed by atoms with Crippen molar-refractivity contribution in [1.82, 2.24) is 9.80 Å². The number of rotatable bonds is 5. The molecule has 3 heteroatoms. The smallest absolute Gasteiger partial charge is 0.0955 e. The molecule has 0 saturated heterocycles. The summed E-state index contributed by atoms with van der Waals surface area (Å²) < 4.78 is 0. The molecule has 1 aliphatic carbocycles. The second kappa shape index (κ2) is 4.97. The molecule has 88 valence electrons. The van der Waals surface area contributed by atoms with E-state index in [1.165, 1.54) is 19.3 Å². The second-order valence-electron chi connectivity index (χ2n) is 5.03. The van der Waals surface area contributed by atoms with Crippen molar-refractivity contribution in [3.8, 4) is 0 Å². The van der Waals surface area contributed by atoms with E-state index in [9.17, 15) is 0 Å². The molecule has 0 bridgehead atoms. The minimum atomic E-state index is 0.342. The fourth-order valence-electron chi connectivity index (χ4n) is 2.30. The van der Waals surface area contributed by atoms with Gasteiger partial charge in [-0.3, -0.25) is 5.41 Å². The second-order valence-corrected chi connectivity index (χ2v) is 5.03. The van der Waals surface area contributed by atoms with Crippen LogP contribution in [-0.4, -0.2) is 48.9 Å². The van der Waals surface area contributed by atoms with Crippen molar-refractivity contribution in [2.24, 2.45) is 0 Å². The molecule has 0 radical (unpaired) electrons. The van der Waals surface area contributed by atoms with Gasteiger partial charge < -0.3 is 9.80 Å². The molecule has 0 aliphatic heterocycles. The van der Waals surface area contributed by atoms with Crippen LogP contribution in [-0.2, 0) is 0 Å². The van der Waals surface area contributed by atoms with Crippen LogP contribution in [0.5, 0.6) is 0 Å². The highest BCUT2D eigenvalue weighted by Gasteiger charge is 2.40. The number of amidine groups is 1. The SMILES string of the molecule is CCCC(=N)N(C)CC1(N(C)C)CCC1. The van der Waals surface area contributed by atoms with Crippen LogP contribution >= 0.6 is 0 Å². The minimum absolute atomic E-state index is 0.342. The van der Waals surface area contributed by atoms with Crippen LogP contribution in [0.15, 0.2) is 0 Å². The first-order chi connectivity index (χ1) is 7.02. The minimum Gasteiger partial charge on any atom is -0.362 e. The van der Waals surface area contributed by atoms with Gasteiger partial charge in [-0.05, 0) is 39.8 Å². The number of likely N-dealkylation sites (N-methyl/N-ethyl adjacent to an activating group) is 2. The zero-order chi connectivity index (χ0) is 11.5. The molecule has 0 aromatic carbocycles. The van der Waals surface area contributed by atoms with Gasteiger partial charge in [0.05, 0.1) is 5.84 Å². The highest BCUT2D eigenvalue weighted by Crippen LogP contribution is 2.36. The summed E-state index contributed by atoms with van der Waals surface area (Å²) in [7, 11) is 6.38. The summed E-state index contributed by atoms with van der Waals surface area (Å²) in [5.74, 6) is 0.783. The number of nitrogens with zero attached hydrogens (tertiary/aromatic N) is 2. The third-order valence-electron chi connectivity index (χ3n) is 3.71. The summed E-state index contributed by atoms with van der Waals surface area (Å²) in [6.07, 6.45) is 5.87. The lowest BCUT2D eigenvalue weighted by Gasteiger charge is -2.49. The molecule has 0 atom stereocenters. The first kappa shape index (κ1) is 12.5. The Morgan fingerprint density at radius 1 is 1.27 bits per heavy atom. The maximum absolute atomic E-state index is 7.92. The predicted molar refractivity (Wildman–Crippen MR) is 65.5 cm³/mol. The van der Waals surface area contributed by atoms with Crippen molar-refractivity contribution < 1.29 is 0 Å². The van der Waals surface area contributed by atoms with Gasteiger partial charge in [0.1, 0.15) is 0 Å². The average molecular weight is 211 g/mol.